The first kappa shape index (κ1) is 13.5. The van der Waals surface area contributed by atoms with Gasteiger partial charge in [-0.25, -0.2) is 0 Å². The third kappa shape index (κ3) is 3.51. The number of rotatable bonds is 5. The third-order valence-corrected chi connectivity index (χ3v) is 3.54. The van der Waals surface area contributed by atoms with Crippen molar-refractivity contribution in [3.63, 3.8) is 0 Å². The van der Waals surface area contributed by atoms with Crippen LogP contribution in [-0.2, 0) is 9.47 Å². The van der Waals surface area contributed by atoms with Gasteiger partial charge in [0.1, 0.15) is 0 Å². The zero-order valence-corrected chi connectivity index (χ0v) is 10.9. The van der Waals surface area contributed by atoms with E-state index in [9.17, 15) is 0 Å². The van der Waals surface area contributed by atoms with Crippen molar-refractivity contribution >= 4 is 0 Å². The largest absolute Gasteiger partial charge is 0.381 e. The van der Waals surface area contributed by atoms with Gasteiger partial charge in [0, 0.05) is 31.6 Å². The van der Waals surface area contributed by atoms with Gasteiger partial charge in [-0.15, -0.1) is 0 Å². The van der Waals surface area contributed by atoms with Gasteiger partial charge in [-0.2, -0.15) is 0 Å². The maximum Gasteiger partial charge on any atom is 0.0965 e. The summed E-state index contributed by atoms with van der Waals surface area (Å²) in [6.45, 7) is 0.486. The molecule has 3 unspecified atom stereocenters. The first-order chi connectivity index (χ1) is 8.83. The molecule has 1 saturated carbocycles. The first-order valence-corrected chi connectivity index (χ1v) is 6.61. The molecule has 1 aromatic heterocycles. The highest BCUT2D eigenvalue weighted by Gasteiger charge is 2.25. The van der Waals surface area contributed by atoms with Gasteiger partial charge in [0.2, 0.25) is 0 Å². The second-order valence-electron chi connectivity index (χ2n) is 4.79. The molecule has 1 aliphatic rings. The average molecular weight is 250 g/mol. The fourth-order valence-electron chi connectivity index (χ4n) is 2.51. The minimum atomic E-state index is -0.0562. The van der Waals surface area contributed by atoms with E-state index in [1.807, 2.05) is 18.3 Å². The minimum absolute atomic E-state index is 0.0562. The second kappa shape index (κ2) is 6.83. The lowest BCUT2D eigenvalue weighted by Crippen LogP contribution is -2.30. The topological polar surface area (TPSA) is 57.4 Å². The van der Waals surface area contributed by atoms with Crippen molar-refractivity contribution in [3.05, 3.63) is 30.1 Å². The van der Waals surface area contributed by atoms with Crippen LogP contribution in [0, 0.1) is 0 Å². The van der Waals surface area contributed by atoms with Crippen molar-refractivity contribution in [2.24, 2.45) is 5.73 Å². The van der Waals surface area contributed by atoms with E-state index in [0.29, 0.717) is 12.6 Å². The predicted octanol–water partition coefficient (Wildman–Crippen LogP) is 2.06. The number of aromatic nitrogens is 1. The molecule has 0 amide bonds. The Morgan fingerprint density at radius 2 is 2.28 bits per heavy atom. The Labute approximate surface area is 108 Å². The van der Waals surface area contributed by atoms with Crippen LogP contribution >= 0.6 is 0 Å². The lowest BCUT2D eigenvalue weighted by atomic mass is 9.94. The van der Waals surface area contributed by atoms with Gasteiger partial charge in [0.05, 0.1) is 18.3 Å². The van der Waals surface area contributed by atoms with Crippen LogP contribution in [0.25, 0.3) is 0 Å². The molecule has 0 radical (unpaired) electrons. The van der Waals surface area contributed by atoms with E-state index in [2.05, 4.69) is 4.98 Å². The molecule has 0 aromatic carbocycles. The molecule has 1 aromatic rings. The van der Waals surface area contributed by atoms with Gasteiger partial charge >= 0.3 is 0 Å². The highest BCUT2D eigenvalue weighted by atomic mass is 16.5. The molecule has 1 fully saturated rings. The monoisotopic (exact) mass is 250 g/mol. The SMILES string of the molecule is COC1CCCC(OC(CN)c2cccnc2)C1. The van der Waals surface area contributed by atoms with Crippen molar-refractivity contribution in [1.82, 2.24) is 4.98 Å². The zero-order chi connectivity index (χ0) is 12.8. The van der Waals surface area contributed by atoms with Crippen LogP contribution in [0.4, 0.5) is 0 Å². The van der Waals surface area contributed by atoms with E-state index in [0.717, 1.165) is 31.2 Å². The Balaban J connectivity index is 1.94. The van der Waals surface area contributed by atoms with E-state index in [1.165, 1.54) is 0 Å². The molecule has 2 rings (SSSR count). The number of pyridine rings is 1. The fraction of sp³-hybridized carbons (Fsp3) is 0.643. The van der Waals surface area contributed by atoms with Gasteiger partial charge in [-0.3, -0.25) is 4.98 Å². The summed E-state index contributed by atoms with van der Waals surface area (Å²) in [5.41, 5.74) is 6.86. The van der Waals surface area contributed by atoms with Crippen molar-refractivity contribution in [2.45, 2.75) is 44.0 Å². The van der Waals surface area contributed by atoms with Crippen LogP contribution < -0.4 is 5.73 Å². The smallest absolute Gasteiger partial charge is 0.0965 e. The molecule has 1 aliphatic carbocycles. The zero-order valence-electron chi connectivity index (χ0n) is 10.9. The van der Waals surface area contributed by atoms with Crippen LogP contribution in [0.2, 0.25) is 0 Å². The summed E-state index contributed by atoms with van der Waals surface area (Å²) in [5, 5.41) is 0. The summed E-state index contributed by atoms with van der Waals surface area (Å²) in [5.74, 6) is 0. The predicted molar refractivity (Wildman–Crippen MR) is 70.2 cm³/mol. The summed E-state index contributed by atoms with van der Waals surface area (Å²) >= 11 is 0. The van der Waals surface area contributed by atoms with Crippen molar-refractivity contribution in [2.75, 3.05) is 13.7 Å². The van der Waals surface area contributed by atoms with E-state index in [-0.39, 0.29) is 12.2 Å². The number of hydrogen-bond donors (Lipinski definition) is 1. The number of ether oxygens (including phenoxy) is 2. The van der Waals surface area contributed by atoms with Crippen LogP contribution in [-0.4, -0.2) is 30.8 Å². The van der Waals surface area contributed by atoms with Crippen molar-refractivity contribution < 1.29 is 9.47 Å². The molecule has 0 aliphatic heterocycles. The normalized spacial score (nSPS) is 25.9. The van der Waals surface area contributed by atoms with Crippen molar-refractivity contribution in [3.8, 4) is 0 Å². The highest BCUT2D eigenvalue weighted by Crippen LogP contribution is 2.27. The molecule has 4 heteroatoms. The van der Waals surface area contributed by atoms with Gasteiger partial charge in [0.15, 0.2) is 0 Å². The molecule has 2 N–H and O–H groups in total. The van der Waals surface area contributed by atoms with Crippen molar-refractivity contribution in [1.29, 1.82) is 0 Å². The summed E-state index contributed by atoms with van der Waals surface area (Å²) in [7, 11) is 1.77. The lowest BCUT2D eigenvalue weighted by Gasteiger charge is -2.31. The second-order valence-corrected chi connectivity index (χ2v) is 4.79. The Morgan fingerprint density at radius 1 is 1.44 bits per heavy atom. The highest BCUT2D eigenvalue weighted by molar-refractivity contribution is 5.12. The standard InChI is InChI=1S/C14H22N2O2/c1-17-12-5-2-6-13(8-12)18-14(9-15)11-4-3-7-16-10-11/h3-4,7,10,12-14H,2,5-6,8-9,15H2,1H3. The molecule has 0 spiro atoms. The van der Waals surface area contributed by atoms with Gasteiger partial charge < -0.3 is 15.2 Å². The van der Waals surface area contributed by atoms with Gasteiger partial charge in [-0.05, 0) is 31.7 Å². The summed E-state index contributed by atoms with van der Waals surface area (Å²) in [4.78, 5) is 4.12. The molecule has 0 saturated heterocycles. The Morgan fingerprint density at radius 3 is 2.94 bits per heavy atom. The molecule has 4 nitrogen and oxygen atoms in total. The van der Waals surface area contributed by atoms with Gasteiger partial charge in [0.25, 0.3) is 0 Å². The van der Waals surface area contributed by atoms with Crippen LogP contribution in [0.1, 0.15) is 37.4 Å². The van der Waals surface area contributed by atoms with Crippen LogP contribution in [0.15, 0.2) is 24.5 Å². The molecule has 1 heterocycles. The Hall–Kier alpha value is -0.970. The van der Waals surface area contributed by atoms with E-state index in [4.69, 9.17) is 15.2 Å². The van der Waals surface area contributed by atoms with Crippen LogP contribution in [0.5, 0.6) is 0 Å². The third-order valence-electron chi connectivity index (χ3n) is 3.54. The lowest BCUT2D eigenvalue weighted by molar-refractivity contribution is -0.0633. The number of nitrogens with two attached hydrogens (primary N) is 1. The Bertz CT molecular complexity index is 345. The summed E-state index contributed by atoms with van der Waals surface area (Å²) in [6.07, 6.45) is 8.47. The fourth-order valence-corrected chi connectivity index (χ4v) is 2.51. The minimum Gasteiger partial charge on any atom is -0.381 e. The molecule has 100 valence electrons. The van der Waals surface area contributed by atoms with E-state index in [1.54, 1.807) is 13.3 Å². The number of hydrogen-bond acceptors (Lipinski definition) is 4. The van der Waals surface area contributed by atoms with E-state index >= 15 is 0 Å². The molecule has 3 atom stereocenters. The molecular weight excluding hydrogens is 228 g/mol. The van der Waals surface area contributed by atoms with Gasteiger partial charge in [-0.1, -0.05) is 6.07 Å². The molecular formula is C14H22N2O2. The average Bonchev–Trinajstić information content (AvgIpc) is 2.46. The Kier molecular flexibility index (Phi) is 5.11. The maximum absolute atomic E-state index is 6.11. The first-order valence-electron chi connectivity index (χ1n) is 6.61. The molecule has 0 bridgehead atoms. The molecule has 18 heavy (non-hydrogen) atoms. The van der Waals surface area contributed by atoms with Crippen LogP contribution in [0.3, 0.4) is 0 Å². The van der Waals surface area contributed by atoms with E-state index < -0.39 is 0 Å². The summed E-state index contributed by atoms with van der Waals surface area (Å²) in [6, 6.07) is 3.93. The quantitative estimate of drug-likeness (QED) is 0.869. The summed E-state index contributed by atoms with van der Waals surface area (Å²) < 4.78 is 11.5. The number of nitrogens with zero attached hydrogens (tertiary/aromatic N) is 1. The number of methoxy groups -OCH3 is 1. The maximum atomic E-state index is 6.11.